The number of imide groups is 1. The lowest BCUT2D eigenvalue weighted by Gasteiger charge is -2.57. The summed E-state index contributed by atoms with van der Waals surface area (Å²) in [6.07, 6.45) is 7.80. The van der Waals surface area contributed by atoms with Gasteiger partial charge in [-0.25, -0.2) is 0 Å². The van der Waals surface area contributed by atoms with Crippen LogP contribution >= 0.6 is 0 Å². The van der Waals surface area contributed by atoms with Gasteiger partial charge >= 0.3 is 0 Å². The maximum Gasteiger partial charge on any atom is 0.240 e. The average molecular weight is 439 g/mol. The number of carbonyl (C=O) groups excluding carboxylic acids is 3. The predicted molar refractivity (Wildman–Crippen MR) is 120 cm³/mol. The molecule has 6 rings (SSSR count). The van der Waals surface area contributed by atoms with Crippen molar-refractivity contribution in [2.24, 2.45) is 23.2 Å². The Bertz CT molecular complexity index is 922. The van der Waals surface area contributed by atoms with Crippen LogP contribution in [0.4, 0.5) is 0 Å². The van der Waals surface area contributed by atoms with Gasteiger partial charge in [0.1, 0.15) is 5.75 Å². The number of rotatable bonds is 6. The number of benzene rings is 1. The Balaban J connectivity index is 1.40. The van der Waals surface area contributed by atoms with Crippen molar-refractivity contribution < 1.29 is 19.1 Å². The van der Waals surface area contributed by atoms with Gasteiger partial charge in [-0.2, -0.15) is 0 Å². The quantitative estimate of drug-likeness (QED) is 0.639. The maximum atomic E-state index is 13.6. The molecule has 1 aromatic carbocycles. The molecule has 1 heterocycles. The summed E-state index contributed by atoms with van der Waals surface area (Å²) in [5, 5.41) is 0. The zero-order chi connectivity index (χ0) is 22.7. The Morgan fingerprint density at radius 3 is 2.22 bits per heavy atom. The Morgan fingerprint density at radius 1 is 1.09 bits per heavy atom. The number of nitrogens with zero attached hydrogens (tertiary/aromatic N) is 2. The van der Waals surface area contributed by atoms with Crippen LogP contribution in [-0.4, -0.2) is 55.3 Å². The molecule has 6 nitrogen and oxygen atoms in total. The number of likely N-dealkylation sites (tertiary alicyclic amines) is 1. The van der Waals surface area contributed by atoms with E-state index in [9.17, 15) is 14.4 Å². The number of carbonyl (C=O) groups is 3. The van der Waals surface area contributed by atoms with Crippen LogP contribution in [0.2, 0.25) is 0 Å². The third-order valence-corrected chi connectivity index (χ3v) is 8.78. The lowest BCUT2D eigenvalue weighted by atomic mass is 9.49. The smallest absolute Gasteiger partial charge is 0.240 e. The van der Waals surface area contributed by atoms with Gasteiger partial charge in [-0.15, -0.1) is 0 Å². The molecule has 4 bridgehead atoms. The molecule has 32 heavy (non-hydrogen) atoms. The van der Waals surface area contributed by atoms with Crippen LogP contribution in [0.1, 0.15) is 56.9 Å². The number of methoxy groups -OCH3 is 1. The van der Waals surface area contributed by atoms with E-state index in [-0.39, 0.29) is 36.0 Å². The van der Waals surface area contributed by atoms with Crippen LogP contribution in [-0.2, 0) is 19.8 Å². The van der Waals surface area contributed by atoms with Crippen molar-refractivity contribution in [1.29, 1.82) is 0 Å². The van der Waals surface area contributed by atoms with Crippen LogP contribution in [0.15, 0.2) is 24.3 Å². The number of ether oxygens (including phenoxy) is 1. The van der Waals surface area contributed by atoms with Crippen LogP contribution in [0.25, 0.3) is 0 Å². The standard InChI is InChI=1S/C26H34N2O4/c1-27(16-25-11-17-8-18(12-25)10-19(9-17)13-25)22(29)14-26(15-23(30)28(2)24(26)31)20-6-4-5-7-21(20)32-3/h4-7,17-19H,8-16H2,1-3H3/t17?,18?,19?,25?,26-/m1/s1. The van der Waals surface area contributed by atoms with Crippen molar-refractivity contribution in [3.63, 3.8) is 0 Å². The lowest BCUT2D eigenvalue weighted by molar-refractivity contribution is -0.142. The first-order valence-corrected chi connectivity index (χ1v) is 11.9. The van der Waals surface area contributed by atoms with E-state index in [2.05, 4.69) is 0 Å². The molecule has 1 saturated heterocycles. The highest BCUT2D eigenvalue weighted by Crippen LogP contribution is 2.60. The minimum Gasteiger partial charge on any atom is -0.496 e. The normalized spacial score (nSPS) is 35.5. The van der Waals surface area contributed by atoms with Crippen molar-refractivity contribution in [3.8, 4) is 5.75 Å². The Hall–Kier alpha value is -2.37. The molecular weight excluding hydrogens is 404 g/mol. The largest absolute Gasteiger partial charge is 0.496 e. The predicted octanol–water partition coefficient (Wildman–Crippen LogP) is 3.39. The van der Waals surface area contributed by atoms with Crippen molar-refractivity contribution >= 4 is 17.7 Å². The van der Waals surface area contributed by atoms with Gasteiger partial charge in [0.2, 0.25) is 17.7 Å². The van der Waals surface area contributed by atoms with Crippen LogP contribution in [0.3, 0.4) is 0 Å². The summed E-state index contributed by atoms with van der Waals surface area (Å²) in [4.78, 5) is 42.5. The highest BCUT2D eigenvalue weighted by atomic mass is 16.5. The number of hydrogen-bond acceptors (Lipinski definition) is 4. The third kappa shape index (κ3) is 3.34. The Labute approximate surface area is 190 Å². The SMILES string of the molecule is COc1ccccc1[C@@]1(CC(=O)N(C)CC23CC4CC(CC(C4)C2)C3)CC(=O)N(C)C1=O. The first kappa shape index (κ1) is 21.5. The molecule has 1 aliphatic heterocycles. The van der Waals surface area contributed by atoms with Crippen LogP contribution in [0.5, 0.6) is 5.75 Å². The number of para-hydroxylation sites is 1. The van der Waals surface area contributed by atoms with Gasteiger partial charge in [0, 0.05) is 39.0 Å². The monoisotopic (exact) mass is 438 g/mol. The molecule has 1 aromatic rings. The number of amides is 3. The maximum absolute atomic E-state index is 13.6. The van der Waals surface area contributed by atoms with E-state index in [1.165, 1.54) is 50.5 Å². The van der Waals surface area contributed by atoms with E-state index in [1.807, 2.05) is 30.1 Å². The first-order chi connectivity index (χ1) is 15.2. The summed E-state index contributed by atoms with van der Waals surface area (Å²) in [5.74, 6) is 2.39. The van der Waals surface area contributed by atoms with Crippen molar-refractivity contribution in [2.75, 3.05) is 27.7 Å². The van der Waals surface area contributed by atoms with Gasteiger partial charge in [-0.3, -0.25) is 19.3 Å². The Kier molecular flexibility index (Phi) is 5.10. The minimum atomic E-state index is -1.20. The fraction of sp³-hybridized carbons (Fsp3) is 0.654. The molecule has 0 spiro atoms. The minimum absolute atomic E-state index is 0.000345. The summed E-state index contributed by atoms with van der Waals surface area (Å²) in [6.45, 7) is 0.759. The van der Waals surface area contributed by atoms with E-state index in [1.54, 1.807) is 13.2 Å². The van der Waals surface area contributed by atoms with Gasteiger partial charge in [0.05, 0.1) is 12.5 Å². The molecule has 6 heteroatoms. The van der Waals surface area contributed by atoms with Crippen molar-refractivity contribution in [3.05, 3.63) is 29.8 Å². The molecule has 3 amide bonds. The summed E-state index contributed by atoms with van der Waals surface area (Å²) in [6, 6.07) is 7.27. The second kappa shape index (κ2) is 7.60. The molecule has 0 unspecified atom stereocenters. The highest BCUT2D eigenvalue weighted by molar-refractivity contribution is 6.10. The van der Waals surface area contributed by atoms with E-state index in [0.29, 0.717) is 11.3 Å². The zero-order valence-corrected chi connectivity index (χ0v) is 19.4. The van der Waals surface area contributed by atoms with Gasteiger partial charge in [0.25, 0.3) is 0 Å². The van der Waals surface area contributed by atoms with Gasteiger partial charge in [-0.05, 0) is 67.8 Å². The highest BCUT2D eigenvalue weighted by Gasteiger charge is 2.55. The lowest BCUT2D eigenvalue weighted by Crippen LogP contribution is -2.52. The van der Waals surface area contributed by atoms with Gasteiger partial charge in [-0.1, -0.05) is 18.2 Å². The van der Waals surface area contributed by atoms with Gasteiger partial charge in [0.15, 0.2) is 0 Å². The molecule has 0 radical (unpaired) electrons. The molecule has 5 fully saturated rings. The molecule has 4 saturated carbocycles. The molecular formula is C26H34N2O4. The fourth-order valence-corrected chi connectivity index (χ4v) is 7.84. The molecule has 0 aromatic heterocycles. The third-order valence-electron chi connectivity index (χ3n) is 8.78. The average Bonchev–Trinajstić information content (AvgIpc) is 2.96. The van der Waals surface area contributed by atoms with E-state index in [0.717, 1.165) is 24.3 Å². The van der Waals surface area contributed by atoms with Gasteiger partial charge < -0.3 is 9.64 Å². The second-order valence-corrected chi connectivity index (χ2v) is 11.1. The summed E-state index contributed by atoms with van der Waals surface area (Å²) < 4.78 is 5.53. The van der Waals surface area contributed by atoms with Crippen molar-refractivity contribution in [1.82, 2.24) is 9.80 Å². The second-order valence-electron chi connectivity index (χ2n) is 11.1. The Morgan fingerprint density at radius 2 is 1.69 bits per heavy atom. The van der Waals surface area contributed by atoms with E-state index in [4.69, 9.17) is 4.74 Å². The zero-order valence-electron chi connectivity index (χ0n) is 19.4. The summed E-state index contributed by atoms with van der Waals surface area (Å²) in [7, 11) is 4.94. The van der Waals surface area contributed by atoms with Crippen molar-refractivity contribution in [2.45, 2.75) is 56.8 Å². The molecule has 5 aliphatic rings. The molecule has 4 aliphatic carbocycles. The van der Waals surface area contributed by atoms with E-state index < -0.39 is 5.41 Å². The first-order valence-electron chi connectivity index (χ1n) is 11.9. The molecule has 1 atom stereocenters. The summed E-state index contributed by atoms with van der Waals surface area (Å²) in [5.41, 5.74) is -0.337. The van der Waals surface area contributed by atoms with Crippen LogP contribution < -0.4 is 4.74 Å². The fourth-order valence-electron chi connectivity index (χ4n) is 7.84. The molecule has 172 valence electrons. The van der Waals surface area contributed by atoms with E-state index >= 15 is 0 Å². The topological polar surface area (TPSA) is 66.9 Å². The number of likely N-dealkylation sites (N-methyl/N-ethyl adjacent to an activating group) is 1. The summed E-state index contributed by atoms with van der Waals surface area (Å²) >= 11 is 0. The molecule has 0 N–H and O–H groups in total. The number of hydrogen-bond donors (Lipinski definition) is 0. The van der Waals surface area contributed by atoms with Crippen LogP contribution in [0, 0.1) is 23.2 Å².